The summed E-state index contributed by atoms with van der Waals surface area (Å²) in [6, 6.07) is 7.70. The summed E-state index contributed by atoms with van der Waals surface area (Å²) < 4.78 is 28.6. The van der Waals surface area contributed by atoms with Crippen molar-refractivity contribution < 1.29 is 13.6 Å². The Morgan fingerprint density at radius 2 is 1.77 bits per heavy atom. The molecule has 1 N–H and O–H groups in total. The molecule has 120 valence electrons. The fourth-order valence-electron chi connectivity index (χ4n) is 2.91. The van der Waals surface area contributed by atoms with Crippen molar-refractivity contribution in [3.63, 3.8) is 0 Å². The van der Waals surface area contributed by atoms with E-state index in [-0.39, 0.29) is 5.56 Å². The Morgan fingerprint density at radius 3 is 2.36 bits per heavy atom. The smallest absolute Gasteiger partial charge is 0.337 e. The molecule has 1 aliphatic carbocycles. The van der Waals surface area contributed by atoms with E-state index in [4.69, 9.17) is 0 Å². The largest absolute Gasteiger partial charge is 0.349 e. The van der Waals surface area contributed by atoms with E-state index < -0.39 is 11.8 Å². The third-order valence-corrected chi connectivity index (χ3v) is 4.58. The second-order valence-electron chi connectivity index (χ2n) is 6.36. The first-order valence-corrected chi connectivity index (χ1v) is 8.03. The van der Waals surface area contributed by atoms with Crippen LogP contribution in [0.4, 0.5) is 8.78 Å². The molecule has 1 saturated heterocycles. The summed E-state index contributed by atoms with van der Waals surface area (Å²) in [5.74, 6) is -3.70. The van der Waals surface area contributed by atoms with Gasteiger partial charge in [0.05, 0.1) is 0 Å². The molecule has 1 saturated carbocycles. The highest BCUT2D eigenvalue weighted by atomic mass is 19.3. The second-order valence-corrected chi connectivity index (χ2v) is 6.36. The lowest BCUT2D eigenvalue weighted by atomic mass is 10.0. The number of hydrogen-bond acceptors (Lipinski definition) is 2. The van der Waals surface area contributed by atoms with Crippen molar-refractivity contribution in [2.45, 2.75) is 37.6 Å². The number of carbonyl (C=O) groups is 1. The minimum atomic E-state index is -3.43. The molecule has 0 unspecified atom stereocenters. The molecule has 1 aromatic carbocycles. The Morgan fingerprint density at radius 1 is 1.14 bits per heavy atom. The summed E-state index contributed by atoms with van der Waals surface area (Å²) in [4.78, 5) is 13.5. The third kappa shape index (κ3) is 3.46. The number of halogens is 2. The second kappa shape index (κ2) is 6.32. The van der Waals surface area contributed by atoms with E-state index in [1.807, 2.05) is 0 Å². The van der Waals surface area contributed by atoms with Gasteiger partial charge in [0.15, 0.2) is 0 Å². The summed E-state index contributed by atoms with van der Waals surface area (Å²) in [6.45, 7) is 1.84. The van der Waals surface area contributed by atoms with Crippen molar-refractivity contribution >= 4 is 5.91 Å². The summed E-state index contributed by atoms with van der Waals surface area (Å²) >= 11 is 0. The van der Waals surface area contributed by atoms with Gasteiger partial charge in [-0.3, -0.25) is 4.79 Å². The van der Waals surface area contributed by atoms with Gasteiger partial charge in [0, 0.05) is 24.7 Å². The number of nitrogens with zero attached hydrogens (tertiary/aromatic N) is 1. The molecule has 3 rings (SSSR count). The molecular formula is C17H22F2N2O. The van der Waals surface area contributed by atoms with Crippen LogP contribution in [0, 0.1) is 5.92 Å². The molecular weight excluding hydrogens is 286 g/mol. The van der Waals surface area contributed by atoms with Crippen molar-refractivity contribution in [1.82, 2.24) is 10.2 Å². The number of rotatable bonds is 5. The molecule has 1 heterocycles. The fourth-order valence-corrected chi connectivity index (χ4v) is 2.91. The van der Waals surface area contributed by atoms with Gasteiger partial charge >= 0.3 is 5.92 Å². The highest BCUT2D eigenvalue weighted by Gasteiger charge is 2.44. The van der Waals surface area contributed by atoms with Gasteiger partial charge in [-0.2, -0.15) is 8.78 Å². The lowest BCUT2D eigenvalue weighted by Crippen LogP contribution is -2.49. The molecule has 0 bridgehead atoms. The minimum absolute atomic E-state index is 0.228. The van der Waals surface area contributed by atoms with Gasteiger partial charge in [-0.25, -0.2) is 0 Å². The maximum absolute atomic E-state index is 14.3. The number of carbonyl (C=O) groups excluding carboxylic acids is 1. The molecule has 0 aromatic heterocycles. The van der Waals surface area contributed by atoms with E-state index >= 15 is 0 Å². The van der Waals surface area contributed by atoms with Gasteiger partial charge in [-0.15, -0.1) is 0 Å². The van der Waals surface area contributed by atoms with E-state index in [1.54, 1.807) is 6.07 Å². The first kappa shape index (κ1) is 15.4. The van der Waals surface area contributed by atoms with Crippen LogP contribution in [0.3, 0.4) is 0 Å². The van der Waals surface area contributed by atoms with Crippen LogP contribution in [0.5, 0.6) is 0 Å². The van der Waals surface area contributed by atoms with E-state index in [1.165, 1.54) is 42.0 Å². The van der Waals surface area contributed by atoms with E-state index in [0.29, 0.717) is 19.1 Å². The first-order chi connectivity index (χ1) is 10.6. The Kier molecular flexibility index (Phi) is 4.43. The molecule has 2 fully saturated rings. The summed E-state index contributed by atoms with van der Waals surface area (Å²) in [6.07, 6.45) is 4.11. The Bertz CT molecular complexity index is 509. The third-order valence-electron chi connectivity index (χ3n) is 4.58. The van der Waals surface area contributed by atoms with Crippen LogP contribution < -0.4 is 5.32 Å². The van der Waals surface area contributed by atoms with Crippen LogP contribution in [-0.4, -0.2) is 36.5 Å². The summed E-state index contributed by atoms with van der Waals surface area (Å²) in [5, 5.41) is 3.49. The predicted molar refractivity (Wildman–Crippen MR) is 80.7 cm³/mol. The number of likely N-dealkylation sites (tertiary alicyclic amines) is 1. The van der Waals surface area contributed by atoms with Crippen LogP contribution in [0.15, 0.2) is 30.3 Å². The molecule has 0 spiro atoms. The number of piperidine rings is 1. The number of amides is 1. The first-order valence-electron chi connectivity index (χ1n) is 8.03. The molecule has 22 heavy (non-hydrogen) atoms. The van der Waals surface area contributed by atoms with Crippen molar-refractivity contribution in [2.75, 3.05) is 19.6 Å². The normalized spacial score (nSPS) is 20.2. The highest BCUT2D eigenvalue weighted by molar-refractivity contribution is 5.85. The zero-order valence-electron chi connectivity index (χ0n) is 12.6. The fraction of sp³-hybridized carbons (Fsp3) is 0.588. The van der Waals surface area contributed by atoms with Crippen molar-refractivity contribution in [2.24, 2.45) is 5.92 Å². The van der Waals surface area contributed by atoms with Crippen LogP contribution >= 0.6 is 0 Å². The predicted octanol–water partition coefficient (Wildman–Crippen LogP) is 2.77. The molecule has 0 atom stereocenters. The lowest BCUT2D eigenvalue weighted by Gasteiger charge is -2.34. The quantitative estimate of drug-likeness (QED) is 0.907. The molecule has 3 nitrogen and oxygen atoms in total. The van der Waals surface area contributed by atoms with Gasteiger partial charge in [0.1, 0.15) is 0 Å². The highest BCUT2D eigenvalue weighted by Crippen LogP contribution is 2.31. The molecule has 2 aliphatic rings. The van der Waals surface area contributed by atoms with Crippen LogP contribution in [0.25, 0.3) is 0 Å². The standard InChI is InChI=1S/C17H22F2N2O/c18-17(19,14-4-2-1-3-5-14)16(22)21-10-8-15(9-11-21)20-12-13-6-7-13/h1-5,13,15,20H,6-12H2. The summed E-state index contributed by atoms with van der Waals surface area (Å²) in [5.41, 5.74) is -0.228. The Hall–Kier alpha value is -1.49. The molecule has 1 aliphatic heterocycles. The molecule has 1 amide bonds. The van der Waals surface area contributed by atoms with Gasteiger partial charge in [-0.1, -0.05) is 30.3 Å². The number of hydrogen-bond donors (Lipinski definition) is 1. The van der Waals surface area contributed by atoms with E-state index in [9.17, 15) is 13.6 Å². The Labute approximate surface area is 129 Å². The molecule has 5 heteroatoms. The number of nitrogens with one attached hydrogen (secondary N) is 1. The average Bonchev–Trinajstić information content (AvgIpc) is 3.38. The van der Waals surface area contributed by atoms with Gasteiger partial charge in [0.25, 0.3) is 5.91 Å². The molecule has 0 radical (unpaired) electrons. The van der Waals surface area contributed by atoms with Gasteiger partial charge in [0.2, 0.25) is 0 Å². The number of benzene rings is 1. The molecule has 1 aromatic rings. The average molecular weight is 308 g/mol. The summed E-state index contributed by atoms with van der Waals surface area (Å²) in [7, 11) is 0. The van der Waals surface area contributed by atoms with Gasteiger partial charge < -0.3 is 10.2 Å². The zero-order chi connectivity index (χ0) is 15.6. The van der Waals surface area contributed by atoms with E-state index in [2.05, 4.69) is 5.32 Å². The maximum Gasteiger partial charge on any atom is 0.349 e. The van der Waals surface area contributed by atoms with Crippen molar-refractivity contribution in [3.05, 3.63) is 35.9 Å². The van der Waals surface area contributed by atoms with Crippen molar-refractivity contribution in [1.29, 1.82) is 0 Å². The topological polar surface area (TPSA) is 32.3 Å². The maximum atomic E-state index is 14.3. The minimum Gasteiger partial charge on any atom is -0.337 e. The van der Waals surface area contributed by atoms with Gasteiger partial charge in [-0.05, 0) is 38.1 Å². The monoisotopic (exact) mass is 308 g/mol. The number of alkyl halides is 2. The van der Waals surface area contributed by atoms with Crippen LogP contribution in [0.1, 0.15) is 31.2 Å². The lowest BCUT2D eigenvalue weighted by molar-refractivity contribution is -0.160. The van der Waals surface area contributed by atoms with Crippen molar-refractivity contribution in [3.8, 4) is 0 Å². The SMILES string of the molecule is O=C(N1CCC(NCC2CC2)CC1)C(F)(F)c1ccccc1. The van der Waals surface area contributed by atoms with Crippen LogP contribution in [-0.2, 0) is 10.7 Å². The van der Waals surface area contributed by atoms with E-state index in [0.717, 1.165) is 25.3 Å². The Balaban J connectivity index is 1.54. The van der Waals surface area contributed by atoms with Crippen LogP contribution in [0.2, 0.25) is 0 Å². The zero-order valence-corrected chi connectivity index (χ0v) is 12.6.